The van der Waals surface area contributed by atoms with E-state index in [0.29, 0.717) is 47.2 Å². The highest BCUT2D eigenvalue weighted by Crippen LogP contribution is 2.45. The number of halogens is 1. The molecule has 11 heteroatoms. The van der Waals surface area contributed by atoms with Crippen molar-refractivity contribution in [2.45, 2.75) is 39.2 Å². The molecule has 1 atom stereocenters. The van der Waals surface area contributed by atoms with Gasteiger partial charge < -0.3 is 20.9 Å². The van der Waals surface area contributed by atoms with Gasteiger partial charge in [-0.2, -0.15) is 5.10 Å². The molecular formula is C28H29ClN6O4. The first kappa shape index (κ1) is 26.6. The summed E-state index contributed by atoms with van der Waals surface area (Å²) in [6.45, 7) is 6.06. The number of nitrogens with zero attached hydrogens (tertiary/aromatic N) is 4. The second kappa shape index (κ2) is 9.62. The molecule has 0 unspecified atom stereocenters. The van der Waals surface area contributed by atoms with Crippen molar-refractivity contribution >= 4 is 46.0 Å². The summed E-state index contributed by atoms with van der Waals surface area (Å²) in [7, 11) is 1.62. The molecule has 2 aromatic heterocycles. The van der Waals surface area contributed by atoms with Crippen LogP contribution >= 0.6 is 11.6 Å². The van der Waals surface area contributed by atoms with E-state index < -0.39 is 16.8 Å². The minimum Gasteiger partial charge on any atom is -0.481 e. The topological polar surface area (TPSA) is 145 Å². The van der Waals surface area contributed by atoms with Crippen molar-refractivity contribution in [3.63, 3.8) is 0 Å². The van der Waals surface area contributed by atoms with Crippen LogP contribution in [0.4, 0.5) is 11.6 Å². The number of amides is 1. The van der Waals surface area contributed by atoms with Crippen molar-refractivity contribution < 1.29 is 19.4 Å². The second-order valence-electron chi connectivity index (χ2n) is 10.5. The Hall–Kier alpha value is -4.02. The van der Waals surface area contributed by atoms with Crippen molar-refractivity contribution in [2.75, 3.05) is 24.8 Å². The lowest BCUT2D eigenvalue weighted by Gasteiger charge is -2.25. The van der Waals surface area contributed by atoms with Gasteiger partial charge in [0.25, 0.3) is 0 Å². The van der Waals surface area contributed by atoms with Crippen LogP contribution in [0.2, 0.25) is 5.02 Å². The van der Waals surface area contributed by atoms with E-state index in [1.54, 1.807) is 38.6 Å². The first-order valence-electron chi connectivity index (χ1n) is 12.4. The van der Waals surface area contributed by atoms with Gasteiger partial charge in [-0.05, 0) is 56.5 Å². The number of carboxylic acids is 1. The lowest BCUT2D eigenvalue weighted by molar-refractivity contribution is -0.146. The minimum atomic E-state index is -1.17. The Morgan fingerprint density at radius 2 is 2.00 bits per heavy atom. The van der Waals surface area contributed by atoms with E-state index in [2.05, 4.69) is 15.3 Å². The predicted octanol–water partition coefficient (Wildman–Crippen LogP) is 4.29. The number of carbonyl (C=O) groups is 2. The number of ether oxygens (including phenoxy) is 1. The van der Waals surface area contributed by atoms with E-state index in [4.69, 9.17) is 27.2 Å². The van der Waals surface area contributed by atoms with Crippen LogP contribution in [0.1, 0.15) is 37.5 Å². The van der Waals surface area contributed by atoms with Crippen molar-refractivity contribution in [3.05, 3.63) is 64.2 Å². The molecular weight excluding hydrogens is 520 g/mol. The number of aromatic nitrogens is 4. The third-order valence-electron chi connectivity index (χ3n) is 7.29. The molecule has 39 heavy (non-hydrogen) atoms. The van der Waals surface area contributed by atoms with Gasteiger partial charge in [0.2, 0.25) is 5.91 Å². The number of aliphatic carboxylic acids is 1. The molecule has 202 valence electrons. The Morgan fingerprint density at radius 1 is 1.23 bits per heavy atom. The molecule has 10 nitrogen and oxygen atoms in total. The van der Waals surface area contributed by atoms with Crippen LogP contribution < -0.4 is 11.1 Å². The van der Waals surface area contributed by atoms with Gasteiger partial charge >= 0.3 is 5.97 Å². The Balaban J connectivity index is 1.59. The standard InChI is InChI=1S/C28H29ClN6O4/c1-27(2,26(37)38)14-15-6-5-7-16(12-15)28(3)20-22(30)31-24(32-23(20)33-25(28)36)21-18-9-8-17(29)13-19(18)35(34-21)10-11-39-4/h5-9,12-13H,10-11,14H2,1-4H3,(H,37,38)(H3,30,31,32,33,36)/t28-/m0/s1. The largest absolute Gasteiger partial charge is 0.481 e. The summed E-state index contributed by atoms with van der Waals surface area (Å²) < 4.78 is 7.00. The van der Waals surface area contributed by atoms with Crippen LogP contribution in [0.25, 0.3) is 22.4 Å². The van der Waals surface area contributed by atoms with Crippen molar-refractivity contribution in [1.29, 1.82) is 0 Å². The third kappa shape index (κ3) is 4.49. The van der Waals surface area contributed by atoms with Crippen molar-refractivity contribution in [3.8, 4) is 11.5 Å². The van der Waals surface area contributed by atoms with Gasteiger partial charge in [0.1, 0.15) is 22.7 Å². The van der Waals surface area contributed by atoms with E-state index in [9.17, 15) is 14.7 Å². The quantitative estimate of drug-likeness (QED) is 0.296. The van der Waals surface area contributed by atoms with E-state index >= 15 is 0 Å². The smallest absolute Gasteiger partial charge is 0.309 e. The normalized spacial score (nSPS) is 16.9. The minimum absolute atomic E-state index is 0.153. The molecule has 0 saturated carbocycles. The summed E-state index contributed by atoms with van der Waals surface area (Å²) in [4.78, 5) is 34.4. The van der Waals surface area contributed by atoms with E-state index in [0.717, 1.165) is 16.5 Å². The Morgan fingerprint density at radius 3 is 2.72 bits per heavy atom. The van der Waals surface area contributed by atoms with Crippen LogP contribution in [0, 0.1) is 5.41 Å². The molecule has 1 aliphatic heterocycles. The maximum absolute atomic E-state index is 13.5. The van der Waals surface area contributed by atoms with Gasteiger partial charge in [0.05, 0.1) is 29.6 Å². The number of fused-ring (bicyclic) bond motifs is 2. The fraction of sp³-hybridized carbons (Fsp3) is 0.321. The molecule has 0 bridgehead atoms. The zero-order valence-corrected chi connectivity index (χ0v) is 22.8. The molecule has 5 rings (SSSR count). The number of methoxy groups -OCH3 is 1. The first-order chi connectivity index (χ1) is 18.5. The third-order valence-corrected chi connectivity index (χ3v) is 7.52. The van der Waals surface area contributed by atoms with Gasteiger partial charge in [-0.15, -0.1) is 0 Å². The molecule has 4 aromatic rings. The number of carboxylic acid groups (broad SMARTS) is 1. The fourth-order valence-electron chi connectivity index (χ4n) is 5.03. The monoisotopic (exact) mass is 548 g/mol. The number of hydrogen-bond acceptors (Lipinski definition) is 7. The van der Waals surface area contributed by atoms with E-state index in [-0.39, 0.29) is 17.5 Å². The average Bonchev–Trinajstić information content (AvgIpc) is 3.37. The van der Waals surface area contributed by atoms with Gasteiger partial charge in [0.15, 0.2) is 5.82 Å². The molecule has 2 aromatic carbocycles. The number of hydrogen-bond donors (Lipinski definition) is 3. The second-order valence-corrected chi connectivity index (χ2v) is 11.0. The summed E-state index contributed by atoms with van der Waals surface area (Å²) in [5, 5.41) is 18.5. The molecule has 0 saturated heterocycles. The lowest BCUT2D eigenvalue weighted by atomic mass is 9.76. The average molecular weight is 549 g/mol. The Bertz CT molecular complexity index is 1630. The Kier molecular flexibility index (Phi) is 6.56. The van der Waals surface area contributed by atoms with Crippen LogP contribution in [0.15, 0.2) is 42.5 Å². The molecule has 0 spiro atoms. The molecule has 3 heterocycles. The van der Waals surface area contributed by atoms with Crippen LogP contribution in [0.3, 0.4) is 0 Å². The number of carbonyl (C=O) groups excluding carboxylic acids is 1. The molecule has 1 amide bonds. The molecule has 0 radical (unpaired) electrons. The molecule has 0 aliphatic carbocycles. The van der Waals surface area contributed by atoms with Crippen molar-refractivity contribution in [1.82, 2.24) is 19.7 Å². The summed E-state index contributed by atoms with van der Waals surface area (Å²) >= 11 is 6.25. The predicted molar refractivity (Wildman–Crippen MR) is 149 cm³/mol. The van der Waals surface area contributed by atoms with Gasteiger partial charge in [0, 0.05) is 17.5 Å². The zero-order chi connectivity index (χ0) is 28.1. The highest BCUT2D eigenvalue weighted by atomic mass is 35.5. The van der Waals surface area contributed by atoms with Gasteiger partial charge in [-0.3, -0.25) is 14.3 Å². The van der Waals surface area contributed by atoms with E-state index in [1.807, 2.05) is 36.4 Å². The van der Waals surface area contributed by atoms with Crippen LogP contribution in [-0.4, -0.2) is 50.4 Å². The highest BCUT2D eigenvalue weighted by Gasteiger charge is 2.48. The summed E-state index contributed by atoms with van der Waals surface area (Å²) in [6.07, 6.45) is 0.300. The number of benzene rings is 2. The Labute approximate surface area is 230 Å². The summed E-state index contributed by atoms with van der Waals surface area (Å²) in [5.74, 6) is -0.452. The maximum atomic E-state index is 13.5. The van der Waals surface area contributed by atoms with Gasteiger partial charge in [-0.25, -0.2) is 9.97 Å². The number of nitrogens with one attached hydrogen (secondary N) is 1. The number of nitrogens with two attached hydrogens (primary N) is 1. The molecule has 1 aliphatic rings. The number of anilines is 2. The lowest BCUT2D eigenvalue weighted by Crippen LogP contribution is -2.33. The zero-order valence-electron chi connectivity index (χ0n) is 22.1. The first-order valence-corrected chi connectivity index (χ1v) is 12.8. The number of nitrogen functional groups attached to an aromatic ring is 1. The summed E-state index contributed by atoms with van der Waals surface area (Å²) in [5.41, 5.74) is 7.63. The molecule has 0 fully saturated rings. The molecule has 4 N–H and O–H groups in total. The van der Waals surface area contributed by atoms with E-state index in [1.165, 1.54) is 0 Å². The fourth-order valence-corrected chi connectivity index (χ4v) is 5.19. The summed E-state index contributed by atoms with van der Waals surface area (Å²) in [6, 6.07) is 12.8. The van der Waals surface area contributed by atoms with Crippen LogP contribution in [0.5, 0.6) is 0 Å². The van der Waals surface area contributed by atoms with Crippen molar-refractivity contribution in [2.24, 2.45) is 5.41 Å². The van der Waals surface area contributed by atoms with Crippen LogP contribution in [-0.2, 0) is 32.7 Å². The number of rotatable bonds is 8. The van der Waals surface area contributed by atoms with Gasteiger partial charge in [-0.1, -0.05) is 35.9 Å². The maximum Gasteiger partial charge on any atom is 0.309 e. The SMILES string of the molecule is COCCn1nc(-c2nc(N)c3c(n2)NC(=O)[C@@]3(C)c2cccc(CC(C)(C)C(=O)O)c2)c2ccc(Cl)cc21. The highest BCUT2D eigenvalue weighted by molar-refractivity contribution is 6.31.